The molecule has 0 N–H and O–H groups in total. The van der Waals surface area contributed by atoms with E-state index in [4.69, 9.17) is 4.98 Å². The van der Waals surface area contributed by atoms with Gasteiger partial charge in [0.15, 0.2) is 0 Å². The van der Waals surface area contributed by atoms with Crippen LogP contribution in [0.5, 0.6) is 0 Å². The van der Waals surface area contributed by atoms with Crippen molar-refractivity contribution >= 4 is 33.3 Å². The van der Waals surface area contributed by atoms with Crippen LogP contribution in [0.4, 0.5) is 0 Å². The Hall–Kier alpha value is -6.83. The summed E-state index contributed by atoms with van der Waals surface area (Å²) in [5.41, 5.74) is 13.8. The highest BCUT2D eigenvalue weighted by molar-refractivity contribution is 6.20. The Morgan fingerprint density at radius 1 is 0.552 bits per heavy atom. The number of benzene rings is 7. The van der Waals surface area contributed by atoms with Gasteiger partial charge in [0.25, 0.3) is 0 Å². The summed E-state index contributed by atoms with van der Waals surface area (Å²) in [4.78, 5) is 5.07. The van der Waals surface area contributed by atoms with E-state index in [1.807, 2.05) is 18.3 Å². The van der Waals surface area contributed by atoms with Crippen LogP contribution in [0.15, 0.2) is 219 Å². The zero-order chi connectivity index (χ0) is 39.4. The maximum absolute atomic E-state index is 5.07. The minimum absolute atomic E-state index is 0.460. The molecule has 8 rings (SSSR count). The lowest BCUT2D eigenvalue weighted by Crippen LogP contribution is -2.05. The van der Waals surface area contributed by atoms with Crippen molar-refractivity contribution in [1.29, 1.82) is 0 Å². The highest BCUT2D eigenvalue weighted by atomic mass is 14.7. The summed E-state index contributed by atoms with van der Waals surface area (Å²) in [5.74, 6) is 0.460. The summed E-state index contributed by atoms with van der Waals surface area (Å²) in [6, 6.07) is 64.1. The average Bonchev–Trinajstić information content (AvgIpc) is 3.29. The minimum Gasteiger partial charge on any atom is -0.256 e. The van der Waals surface area contributed by atoms with Gasteiger partial charge in [-0.1, -0.05) is 213 Å². The lowest BCUT2D eigenvalue weighted by molar-refractivity contribution is 0.621. The molecule has 7 aromatic carbocycles. The molecule has 0 aliphatic carbocycles. The number of pyridine rings is 1. The molecular formula is C57H49N. The summed E-state index contributed by atoms with van der Waals surface area (Å²) in [5, 5.41) is 3.62. The third-order valence-electron chi connectivity index (χ3n) is 11.2. The molecule has 0 amide bonds. The Morgan fingerprint density at radius 3 is 1.90 bits per heavy atom. The Bertz CT molecular complexity index is 2610. The van der Waals surface area contributed by atoms with Crippen molar-refractivity contribution in [2.24, 2.45) is 0 Å². The highest BCUT2D eigenvalue weighted by Gasteiger charge is 2.18. The second-order valence-electron chi connectivity index (χ2n) is 15.0. The highest BCUT2D eigenvalue weighted by Crippen LogP contribution is 2.43. The van der Waals surface area contributed by atoms with Gasteiger partial charge in [0, 0.05) is 17.1 Å². The van der Waals surface area contributed by atoms with E-state index in [2.05, 4.69) is 201 Å². The normalized spacial score (nSPS) is 12.4. The Labute approximate surface area is 344 Å². The molecule has 1 heteroatoms. The predicted octanol–water partition coefficient (Wildman–Crippen LogP) is 15.3. The number of rotatable bonds is 15. The van der Waals surface area contributed by atoms with Gasteiger partial charge in [-0.3, -0.25) is 4.98 Å². The van der Waals surface area contributed by atoms with E-state index >= 15 is 0 Å². The van der Waals surface area contributed by atoms with Crippen molar-refractivity contribution in [2.45, 2.75) is 38.0 Å². The van der Waals surface area contributed by atoms with Gasteiger partial charge in [0.05, 0.1) is 5.52 Å². The second kappa shape index (κ2) is 18.9. The molecule has 0 aliphatic rings. The third-order valence-corrected chi connectivity index (χ3v) is 11.2. The maximum atomic E-state index is 5.07. The molecule has 0 saturated carbocycles. The van der Waals surface area contributed by atoms with Gasteiger partial charge in [-0.15, -0.1) is 0 Å². The Balaban J connectivity index is 1.09. The Kier molecular flexibility index (Phi) is 12.4. The third kappa shape index (κ3) is 9.07. The van der Waals surface area contributed by atoms with Gasteiger partial charge >= 0.3 is 0 Å². The predicted molar refractivity (Wildman–Crippen MR) is 250 cm³/mol. The molecule has 1 unspecified atom stereocenters. The molecule has 0 radical (unpaired) electrons. The first-order valence-corrected chi connectivity index (χ1v) is 20.5. The lowest BCUT2D eigenvalue weighted by atomic mass is 9.86. The fraction of sp³-hybridized carbons (Fsp3) is 0.105. The van der Waals surface area contributed by atoms with Gasteiger partial charge in [-0.2, -0.15) is 0 Å². The van der Waals surface area contributed by atoms with Gasteiger partial charge in [0.2, 0.25) is 0 Å². The van der Waals surface area contributed by atoms with Gasteiger partial charge in [0.1, 0.15) is 0 Å². The van der Waals surface area contributed by atoms with Crippen molar-refractivity contribution < 1.29 is 0 Å². The molecule has 8 aromatic rings. The first-order valence-electron chi connectivity index (χ1n) is 20.5. The van der Waals surface area contributed by atoms with Crippen molar-refractivity contribution in [3.8, 4) is 22.3 Å². The van der Waals surface area contributed by atoms with Crippen LogP contribution in [0.3, 0.4) is 0 Å². The van der Waals surface area contributed by atoms with Gasteiger partial charge < -0.3 is 0 Å². The summed E-state index contributed by atoms with van der Waals surface area (Å²) < 4.78 is 0. The monoisotopic (exact) mass is 747 g/mol. The van der Waals surface area contributed by atoms with E-state index in [9.17, 15) is 0 Å². The molecule has 0 fully saturated rings. The number of hydrogen-bond acceptors (Lipinski definition) is 1. The van der Waals surface area contributed by atoms with Crippen molar-refractivity contribution in [1.82, 2.24) is 4.98 Å². The zero-order valence-corrected chi connectivity index (χ0v) is 33.1. The molecule has 1 atom stereocenters. The quantitative estimate of drug-likeness (QED) is 0.0578. The number of aryl methyl sites for hydroxylation is 1. The molecule has 0 aliphatic heterocycles. The van der Waals surface area contributed by atoms with Gasteiger partial charge in [-0.05, 0) is 105 Å². The van der Waals surface area contributed by atoms with E-state index in [1.165, 1.54) is 66.4 Å². The van der Waals surface area contributed by atoms with Gasteiger partial charge in [-0.25, -0.2) is 0 Å². The van der Waals surface area contributed by atoms with Crippen LogP contribution in [0.2, 0.25) is 0 Å². The maximum Gasteiger partial charge on any atom is 0.0792 e. The van der Waals surface area contributed by atoms with Crippen LogP contribution in [-0.4, -0.2) is 4.98 Å². The number of nitrogens with zero attached hydrogens (tertiary/aromatic N) is 1. The molecule has 1 nitrogen and oxygen atoms in total. The van der Waals surface area contributed by atoms with Crippen molar-refractivity contribution in [2.75, 3.05) is 0 Å². The van der Waals surface area contributed by atoms with E-state index < -0.39 is 0 Å². The number of allylic oxidation sites excluding steroid dienone is 6. The zero-order valence-electron chi connectivity index (χ0n) is 33.1. The molecule has 0 bridgehead atoms. The summed E-state index contributed by atoms with van der Waals surface area (Å²) >= 11 is 0. The minimum atomic E-state index is 0.460. The number of hydrogen-bond donors (Lipinski definition) is 0. The van der Waals surface area contributed by atoms with Crippen LogP contribution < -0.4 is 0 Å². The molecule has 1 heterocycles. The largest absolute Gasteiger partial charge is 0.256 e. The van der Waals surface area contributed by atoms with E-state index in [0.29, 0.717) is 5.92 Å². The molecule has 0 spiro atoms. The van der Waals surface area contributed by atoms with E-state index in [-0.39, 0.29) is 0 Å². The summed E-state index contributed by atoms with van der Waals surface area (Å²) in [7, 11) is 0. The number of fused-ring (bicyclic) bond motifs is 2. The topological polar surface area (TPSA) is 12.9 Å². The molecule has 282 valence electrons. The average molecular weight is 748 g/mol. The van der Waals surface area contributed by atoms with Crippen LogP contribution in [0, 0.1) is 0 Å². The van der Waals surface area contributed by atoms with Crippen LogP contribution in [-0.2, 0) is 12.8 Å². The smallest absolute Gasteiger partial charge is 0.0792 e. The second-order valence-corrected chi connectivity index (χ2v) is 15.0. The van der Waals surface area contributed by atoms with Crippen LogP contribution in [0.25, 0.3) is 55.6 Å². The number of aromatic nitrogens is 1. The van der Waals surface area contributed by atoms with Crippen LogP contribution in [0.1, 0.15) is 53.0 Å². The van der Waals surface area contributed by atoms with E-state index in [0.717, 1.165) is 43.0 Å². The van der Waals surface area contributed by atoms with Crippen molar-refractivity contribution in [3.63, 3.8) is 0 Å². The molecule has 0 saturated heterocycles. The van der Waals surface area contributed by atoms with Crippen LogP contribution >= 0.6 is 0 Å². The first-order chi connectivity index (χ1) is 28.7. The molecule has 58 heavy (non-hydrogen) atoms. The first kappa shape index (κ1) is 38.1. The van der Waals surface area contributed by atoms with Crippen molar-refractivity contribution in [3.05, 3.63) is 247 Å². The SMILES string of the molecule is C=C/C=C\C=C/CCC(=Cc1ccc(-c2c3ccccc3c(-c3ccc(CCC(Cc4ccccc4)c4ccccc4)cc3)c3ncccc23)cc1)c1ccccc1. The fourth-order valence-corrected chi connectivity index (χ4v) is 8.25. The molecular weight excluding hydrogens is 699 g/mol. The lowest BCUT2D eigenvalue weighted by Gasteiger charge is -2.19. The molecule has 1 aromatic heterocycles. The fourth-order valence-electron chi connectivity index (χ4n) is 8.25. The Morgan fingerprint density at radius 2 is 1.17 bits per heavy atom. The van der Waals surface area contributed by atoms with E-state index in [1.54, 1.807) is 6.08 Å². The summed E-state index contributed by atoms with van der Waals surface area (Å²) in [6.45, 7) is 3.76. The summed E-state index contributed by atoms with van der Waals surface area (Å²) in [6.07, 6.45) is 19.4. The standard InChI is InChI=1S/C57H49N/c1-2-3-4-5-6-12-26-50(46-22-13-8-14-23-46)42-45-33-37-48(38-34-45)55-52-27-17-18-28-53(52)56(57-54(55)29-19-40-58-57)49-35-30-43(31-36-49)32-39-51(47-24-15-9-16-25-47)41-44-20-10-7-11-21-44/h2-11,13-25,27-31,33-38,40,42,51H,1,12,26,32,39,41H2/b4-3-,6-5-,50-42?.